The molecule has 2 rings (SSSR count). The number of hydrogen-bond acceptors (Lipinski definition) is 3. The number of carbonyl (C=O) groups is 1. The topological polar surface area (TPSA) is 29.5 Å². The van der Waals surface area contributed by atoms with Crippen molar-refractivity contribution in [3.8, 4) is 0 Å². The Balaban J connectivity index is 1.94. The van der Waals surface area contributed by atoms with Gasteiger partial charge in [0.15, 0.2) is 0 Å². The molecule has 0 radical (unpaired) electrons. The first-order valence-corrected chi connectivity index (χ1v) is 7.21. The number of carbonyl (C=O) groups excluding carboxylic acids is 1. The highest BCUT2D eigenvalue weighted by atomic mass is 32.1. The van der Waals surface area contributed by atoms with Gasteiger partial charge in [-0.2, -0.15) is 0 Å². The lowest BCUT2D eigenvalue weighted by Crippen LogP contribution is -2.35. The van der Waals surface area contributed by atoms with Crippen LogP contribution in [0.25, 0.3) is 0 Å². The van der Waals surface area contributed by atoms with Gasteiger partial charge in [-0.25, -0.2) is 4.79 Å². The van der Waals surface area contributed by atoms with Crippen LogP contribution in [0, 0.1) is 6.92 Å². The van der Waals surface area contributed by atoms with E-state index in [2.05, 4.69) is 19.1 Å². The van der Waals surface area contributed by atoms with E-state index in [-0.39, 0.29) is 6.09 Å². The smallest absolute Gasteiger partial charge is 0.410 e. The van der Waals surface area contributed by atoms with E-state index in [9.17, 15) is 4.79 Å². The fourth-order valence-corrected chi connectivity index (χ4v) is 3.16. The van der Waals surface area contributed by atoms with Gasteiger partial charge in [0.1, 0.15) is 5.60 Å². The summed E-state index contributed by atoms with van der Waals surface area (Å²) in [5.74, 6) is 0.483. The lowest BCUT2D eigenvalue weighted by molar-refractivity contribution is 0.0292. The van der Waals surface area contributed by atoms with Gasteiger partial charge in [0.05, 0.1) is 0 Å². The summed E-state index contributed by atoms with van der Waals surface area (Å²) in [5, 5.41) is 0. The van der Waals surface area contributed by atoms with E-state index in [4.69, 9.17) is 4.74 Å². The van der Waals surface area contributed by atoms with E-state index in [0.717, 1.165) is 19.5 Å². The number of nitrogens with zero attached hydrogens (tertiary/aromatic N) is 1. The van der Waals surface area contributed by atoms with Gasteiger partial charge in [-0.05, 0) is 46.2 Å². The average molecular weight is 267 g/mol. The van der Waals surface area contributed by atoms with Crippen LogP contribution in [-0.2, 0) is 4.74 Å². The van der Waals surface area contributed by atoms with Crippen LogP contribution in [0.3, 0.4) is 0 Å². The predicted octanol–water partition coefficient (Wildman–Crippen LogP) is 3.78. The first kappa shape index (κ1) is 13.4. The summed E-state index contributed by atoms with van der Waals surface area (Å²) in [4.78, 5) is 16.5. The number of rotatable bonds is 1. The average Bonchev–Trinajstić information content (AvgIpc) is 2.82. The zero-order valence-corrected chi connectivity index (χ0v) is 12.3. The minimum atomic E-state index is -0.408. The number of aryl methyl sites for hydroxylation is 1. The first-order valence-electron chi connectivity index (χ1n) is 6.39. The fraction of sp³-hybridized carbons (Fsp3) is 0.643. The van der Waals surface area contributed by atoms with Crippen LogP contribution in [0.4, 0.5) is 4.79 Å². The Morgan fingerprint density at radius 3 is 2.72 bits per heavy atom. The molecule has 1 aromatic rings. The number of ether oxygens (including phenoxy) is 1. The maximum absolute atomic E-state index is 12.0. The summed E-state index contributed by atoms with van der Waals surface area (Å²) < 4.78 is 5.40. The van der Waals surface area contributed by atoms with Gasteiger partial charge >= 0.3 is 6.09 Å². The normalized spacial score (nSPS) is 20.2. The van der Waals surface area contributed by atoms with Crippen molar-refractivity contribution in [1.82, 2.24) is 4.90 Å². The molecule has 18 heavy (non-hydrogen) atoms. The Bertz CT molecular complexity index is 433. The Morgan fingerprint density at radius 1 is 1.44 bits per heavy atom. The minimum absolute atomic E-state index is 0.182. The summed E-state index contributed by atoms with van der Waals surface area (Å²) in [6.07, 6.45) is 0.859. The molecule has 0 aromatic carbocycles. The van der Waals surface area contributed by atoms with E-state index < -0.39 is 5.60 Å². The molecular weight excluding hydrogens is 246 g/mol. The molecule has 0 saturated carbocycles. The monoisotopic (exact) mass is 267 g/mol. The van der Waals surface area contributed by atoms with E-state index in [1.165, 1.54) is 9.75 Å². The van der Waals surface area contributed by atoms with Crippen LogP contribution in [-0.4, -0.2) is 29.7 Å². The molecule has 100 valence electrons. The molecule has 1 saturated heterocycles. The molecule has 3 nitrogen and oxygen atoms in total. The van der Waals surface area contributed by atoms with Gasteiger partial charge < -0.3 is 9.64 Å². The van der Waals surface area contributed by atoms with Crippen molar-refractivity contribution in [1.29, 1.82) is 0 Å². The van der Waals surface area contributed by atoms with Crippen molar-refractivity contribution >= 4 is 17.4 Å². The molecule has 1 fully saturated rings. The highest BCUT2D eigenvalue weighted by Crippen LogP contribution is 2.32. The molecule has 1 atom stereocenters. The quantitative estimate of drug-likeness (QED) is 0.775. The molecule has 0 N–H and O–H groups in total. The molecule has 1 unspecified atom stereocenters. The van der Waals surface area contributed by atoms with Crippen molar-refractivity contribution < 1.29 is 9.53 Å². The van der Waals surface area contributed by atoms with E-state index >= 15 is 0 Å². The van der Waals surface area contributed by atoms with Crippen LogP contribution in [0.1, 0.15) is 42.9 Å². The number of hydrogen-bond donors (Lipinski definition) is 0. The minimum Gasteiger partial charge on any atom is -0.444 e. The van der Waals surface area contributed by atoms with Gasteiger partial charge in [0.25, 0.3) is 0 Å². The molecular formula is C14H21NO2S. The Hall–Kier alpha value is -1.03. The highest BCUT2D eigenvalue weighted by Gasteiger charge is 2.30. The molecule has 0 aliphatic carbocycles. The largest absolute Gasteiger partial charge is 0.444 e. The fourth-order valence-electron chi connectivity index (χ4n) is 2.16. The van der Waals surface area contributed by atoms with Gasteiger partial charge in [-0.3, -0.25) is 0 Å². The summed E-state index contributed by atoms with van der Waals surface area (Å²) in [6.45, 7) is 9.42. The molecule has 4 heteroatoms. The van der Waals surface area contributed by atoms with E-state index in [0.29, 0.717) is 5.92 Å². The second-order valence-corrected chi connectivity index (χ2v) is 7.18. The van der Waals surface area contributed by atoms with E-state index in [1.54, 1.807) is 0 Å². The van der Waals surface area contributed by atoms with Crippen LogP contribution < -0.4 is 0 Å². The summed E-state index contributed by atoms with van der Waals surface area (Å²) in [5.41, 5.74) is -0.408. The summed E-state index contributed by atoms with van der Waals surface area (Å²) >= 11 is 1.83. The molecule has 1 aliphatic rings. The second-order valence-electron chi connectivity index (χ2n) is 5.86. The lowest BCUT2D eigenvalue weighted by Gasteiger charge is -2.24. The lowest BCUT2D eigenvalue weighted by atomic mass is 10.1. The highest BCUT2D eigenvalue weighted by molar-refractivity contribution is 7.12. The SMILES string of the molecule is Cc1ccc(C2CCN(C(=O)OC(C)(C)C)C2)s1. The Labute approximate surface area is 113 Å². The maximum Gasteiger partial charge on any atom is 0.410 e. The van der Waals surface area contributed by atoms with Crippen LogP contribution in [0.5, 0.6) is 0 Å². The first-order chi connectivity index (χ1) is 8.35. The number of amides is 1. The van der Waals surface area contributed by atoms with Crippen LogP contribution >= 0.6 is 11.3 Å². The molecule has 0 bridgehead atoms. The third-order valence-corrected chi connectivity index (χ3v) is 4.17. The predicted molar refractivity (Wildman–Crippen MR) is 74.2 cm³/mol. The summed E-state index contributed by atoms with van der Waals surface area (Å²) in [6, 6.07) is 4.33. The maximum atomic E-state index is 12.0. The van der Waals surface area contributed by atoms with Crippen molar-refractivity contribution in [2.24, 2.45) is 0 Å². The third-order valence-electron chi connectivity index (χ3n) is 3.00. The van der Waals surface area contributed by atoms with Crippen LogP contribution in [0.2, 0.25) is 0 Å². The van der Waals surface area contributed by atoms with Crippen LogP contribution in [0.15, 0.2) is 12.1 Å². The third kappa shape index (κ3) is 3.25. The molecule has 1 aliphatic heterocycles. The zero-order valence-electron chi connectivity index (χ0n) is 11.5. The summed E-state index contributed by atoms with van der Waals surface area (Å²) in [7, 11) is 0. The number of thiophene rings is 1. The second kappa shape index (κ2) is 4.92. The van der Waals surface area contributed by atoms with Gasteiger partial charge in [-0.1, -0.05) is 0 Å². The molecule has 2 heterocycles. The standard InChI is InChI=1S/C14H21NO2S/c1-10-5-6-12(18-10)11-7-8-15(9-11)13(16)17-14(2,3)4/h5-6,11H,7-9H2,1-4H3. The molecule has 1 aromatic heterocycles. The molecule has 0 spiro atoms. The van der Waals surface area contributed by atoms with Gasteiger partial charge in [0.2, 0.25) is 0 Å². The van der Waals surface area contributed by atoms with Crippen molar-refractivity contribution in [3.63, 3.8) is 0 Å². The van der Waals surface area contributed by atoms with Crippen molar-refractivity contribution in [2.75, 3.05) is 13.1 Å². The Morgan fingerprint density at radius 2 is 2.17 bits per heavy atom. The zero-order chi connectivity index (χ0) is 13.3. The Kier molecular flexibility index (Phi) is 3.66. The van der Waals surface area contributed by atoms with Gasteiger partial charge in [0, 0.05) is 28.8 Å². The number of likely N-dealkylation sites (tertiary alicyclic amines) is 1. The van der Waals surface area contributed by atoms with Gasteiger partial charge in [-0.15, -0.1) is 11.3 Å². The van der Waals surface area contributed by atoms with Crippen molar-refractivity contribution in [3.05, 3.63) is 21.9 Å². The molecule has 1 amide bonds. The van der Waals surface area contributed by atoms with E-state index in [1.807, 2.05) is 37.0 Å². The van der Waals surface area contributed by atoms with Crippen molar-refractivity contribution in [2.45, 2.75) is 45.6 Å².